The van der Waals surface area contributed by atoms with Gasteiger partial charge in [0.05, 0.1) is 10.0 Å². The Bertz CT molecular complexity index is 762. The van der Waals surface area contributed by atoms with E-state index >= 15 is 0 Å². The molecule has 0 fully saturated rings. The molecule has 1 aromatic heterocycles. The van der Waals surface area contributed by atoms with Gasteiger partial charge in [-0.3, -0.25) is 9.59 Å². The first kappa shape index (κ1) is 17.9. The topological polar surface area (TPSA) is 97.1 Å². The van der Waals surface area contributed by atoms with Crippen molar-refractivity contribution in [2.45, 2.75) is 20.4 Å². The lowest BCUT2D eigenvalue weighted by molar-refractivity contribution is -0.118. The summed E-state index contributed by atoms with van der Waals surface area (Å²) in [5, 5.41) is 5.64. The highest BCUT2D eigenvalue weighted by molar-refractivity contribution is 9.10. The van der Waals surface area contributed by atoms with Gasteiger partial charge in [-0.05, 0) is 39.7 Å². The zero-order valence-corrected chi connectivity index (χ0v) is 15.1. The van der Waals surface area contributed by atoms with Gasteiger partial charge in [-0.2, -0.15) is 0 Å². The lowest BCUT2D eigenvalue weighted by Crippen LogP contribution is -2.23. The van der Waals surface area contributed by atoms with Gasteiger partial charge in [-0.1, -0.05) is 26.0 Å². The number of rotatable bonds is 5. The minimum absolute atomic E-state index is 0.0472. The van der Waals surface area contributed by atoms with Crippen molar-refractivity contribution in [1.29, 1.82) is 0 Å². The molecule has 126 valence electrons. The Kier molecular flexibility index (Phi) is 5.92. The molecule has 0 atom stereocenters. The van der Waals surface area contributed by atoms with Gasteiger partial charge in [-0.15, -0.1) is 0 Å². The average molecular weight is 391 g/mol. The first-order valence-corrected chi connectivity index (χ1v) is 8.25. The zero-order chi connectivity index (χ0) is 17.7. The van der Waals surface area contributed by atoms with Crippen LogP contribution < -0.4 is 16.4 Å². The van der Waals surface area contributed by atoms with Crippen LogP contribution in [0.2, 0.25) is 0 Å². The van der Waals surface area contributed by atoms with Gasteiger partial charge in [0, 0.05) is 24.3 Å². The lowest BCUT2D eigenvalue weighted by atomic mass is 10.1. The molecular formula is C17H19BrN4O2. The van der Waals surface area contributed by atoms with Crippen LogP contribution >= 0.6 is 15.9 Å². The summed E-state index contributed by atoms with van der Waals surface area (Å²) in [6.45, 7) is 4.00. The number of carbonyl (C=O) groups is 2. The van der Waals surface area contributed by atoms with Crippen molar-refractivity contribution in [3.05, 3.63) is 52.1 Å². The van der Waals surface area contributed by atoms with Crippen molar-refractivity contribution >= 4 is 39.2 Å². The van der Waals surface area contributed by atoms with E-state index < -0.39 is 0 Å². The molecule has 0 radical (unpaired) electrons. The van der Waals surface area contributed by atoms with E-state index in [2.05, 4.69) is 31.5 Å². The quantitative estimate of drug-likeness (QED) is 0.730. The van der Waals surface area contributed by atoms with Crippen LogP contribution in [0.1, 0.15) is 29.8 Å². The number of hydrogen-bond acceptors (Lipinski definition) is 4. The number of nitrogen functional groups attached to an aromatic ring is 1. The van der Waals surface area contributed by atoms with E-state index in [4.69, 9.17) is 5.73 Å². The molecule has 1 heterocycles. The second kappa shape index (κ2) is 7.92. The summed E-state index contributed by atoms with van der Waals surface area (Å²) in [4.78, 5) is 27.8. The van der Waals surface area contributed by atoms with Crippen molar-refractivity contribution in [3.8, 4) is 0 Å². The summed E-state index contributed by atoms with van der Waals surface area (Å²) < 4.78 is 0.577. The summed E-state index contributed by atoms with van der Waals surface area (Å²) in [7, 11) is 0. The fourth-order valence-electron chi connectivity index (χ4n) is 1.90. The Labute approximate surface area is 149 Å². The van der Waals surface area contributed by atoms with Crippen LogP contribution in [0, 0.1) is 5.92 Å². The molecule has 6 nitrogen and oxygen atoms in total. The van der Waals surface area contributed by atoms with Crippen molar-refractivity contribution in [3.63, 3.8) is 0 Å². The number of pyridine rings is 1. The van der Waals surface area contributed by atoms with Crippen LogP contribution in [0.4, 0.5) is 11.5 Å². The number of benzene rings is 1. The Morgan fingerprint density at radius 1 is 1.29 bits per heavy atom. The van der Waals surface area contributed by atoms with Crippen molar-refractivity contribution in [2.75, 3.05) is 11.1 Å². The van der Waals surface area contributed by atoms with Crippen LogP contribution in [0.5, 0.6) is 0 Å². The number of anilines is 2. The number of halogens is 1. The monoisotopic (exact) mass is 390 g/mol. The molecule has 0 unspecified atom stereocenters. The highest BCUT2D eigenvalue weighted by Crippen LogP contribution is 2.18. The Morgan fingerprint density at radius 3 is 2.71 bits per heavy atom. The smallest absolute Gasteiger partial charge is 0.253 e. The summed E-state index contributed by atoms with van der Waals surface area (Å²) in [5.74, 6) is -0.0567. The first-order chi connectivity index (χ1) is 11.4. The number of amides is 2. The summed E-state index contributed by atoms with van der Waals surface area (Å²) >= 11 is 3.25. The third-order valence-corrected chi connectivity index (χ3v) is 3.94. The third-order valence-electron chi connectivity index (χ3n) is 3.30. The molecule has 0 aliphatic carbocycles. The van der Waals surface area contributed by atoms with Crippen LogP contribution in [-0.2, 0) is 11.3 Å². The molecule has 0 aliphatic rings. The molecule has 2 amide bonds. The molecule has 4 N–H and O–H groups in total. The third kappa shape index (κ3) is 4.79. The average Bonchev–Trinajstić information content (AvgIpc) is 2.55. The van der Waals surface area contributed by atoms with Crippen LogP contribution in [-0.4, -0.2) is 16.8 Å². The predicted octanol–water partition coefficient (Wildman–Crippen LogP) is 2.95. The molecule has 0 saturated carbocycles. The summed E-state index contributed by atoms with van der Waals surface area (Å²) in [6, 6.07) is 8.97. The normalized spacial score (nSPS) is 10.5. The Balaban J connectivity index is 2.00. The number of aromatic nitrogens is 1. The van der Waals surface area contributed by atoms with Gasteiger partial charge in [0.2, 0.25) is 5.91 Å². The number of hydrogen-bond donors (Lipinski definition) is 3. The van der Waals surface area contributed by atoms with Crippen molar-refractivity contribution in [1.82, 2.24) is 10.3 Å². The fraction of sp³-hybridized carbons (Fsp3) is 0.235. The van der Waals surface area contributed by atoms with Crippen LogP contribution in [0.25, 0.3) is 0 Å². The van der Waals surface area contributed by atoms with E-state index in [9.17, 15) is 9.59 Å². The number of nitrogens with two attached hydrogens (primary N) is 1. The second-order valence-electron chi connectivity index (χ2n) is 5.62. The molecule has 24 heavy (non-hydrogen) atoms. The lowest BCUT2D eigenvalue weighted by Gasteiger charge is -2.10. The number of nitrogens with one attached hydrogen (secondary N) is 2. The van der Waals surface area contributed by atoms with Gasteiger partial charge in [0.1, 0.15) is 5.82 Å². The first-order valence-electron chi connectivity index (χ1n) is 7.46. The Hall–Kier alpha value is -2.41. The molecule has 2 aromatic rings. The van der Waals surface area contributed by atoms with E-state index in [1.165, 1.54) is 6.20 Å². The molecule has 0 aliphatic heterocycles. The van der Waals surface area contributed by atoms with Crippen LogP contribution in [0.3, 0.4) is 0 Å². The Morgan fingerprint density at radius 2 is 2.04 bits per heavy atom. The van der Waals surface area contributed by atoms with Gasteiger partial charge in [0.15, 0.2) is 0 Å². The van der Waals surface area contributed by atoms with E-state index in [-0.39, 0.29) is 17.7 Å². The predicted molar refractivity (Wildman–Crippen MR) is 97.4 cm³/mol. The number of carbonyl (C=O) groups excluding carboxylic acids is 2. The van der Waals surface area contributed by atoms with E-state index in [1.54, 1.807) is 6.07 Å². The van der Waals surface area contributed by atoms with Gasteiger partial charge < -0.3 is 16.4 Å². The molecule has 1 aromatic carbocycles. The highest BCUT2D eigenvalue weighted by Gasteiger charge is 2.10. The standard InChI is InChI=1S/C17H19BrN4O2/c1-10(2)16(23)22-13-5-3-4-11(6-13)8-21-17(24)12-7-14(18)15(19)20-9-12/h3-7,9-10H,8H2,1-2H3,(H2,19,20)(H,21,24)(H,22,23). The maximum Gasteiger partial charge on any atom is 0.253 e. The maximum atomic E-state index is 12.2. The van der Waals surface area contributed by atoms with Crippen molar-refractivity contribution < 1.29 is 9.59 Å². The zero-order valence-electron chi connectivity index (χ0n) is 13.5. The number of nitrogens with zero attached hydrogens (tertiary/aromatic N) is 1. The summed E-state index contributed by atoms with van der Waals surface area (Å²) in [5.41, 5.74) is 7.61. The van der Waals surface area contributed by atoms with Gasteiger partial charge >= 0.3 is 0 Å². The van der Waals surface area contributed by atoms with E-state index in [1.807, 2.05) is 38.1 Å². The highest BCUT2D eigenvalue weighted by atomic mass is 79.9. The minimum atomic E-state index is -0.250. The largest absolute Gasteiger partial charge is 0.383 e. The molecule has 0 spiro atoms. The molecular weight excluding hydrogens is 372 g/mol. The molecule has 7 heteroatoms. The molecule has 0 bridgehead atoms. The van der Waals surface area contributed by atoms with Gasteiger partial charge in [0.25, 0.3) is 5.91 Å². The molecule has 2 rings (SSSR count). The van der Waals surface area contributed by atoms with E-state index in [0.717, 1.165) is 5.56 Å². The minimum Gasteiger partial charge on any atom is -0.383 e. The maximum absolute atomic E-state index is 12.2. The second-order valence-corrected chi connectivity index (χ2v) is 6.47. The fourth-order valence-corrected chi connectivity index (χ4v) is 2.25. The van der Waals surface area contributed by atoms with Gasteiger partial charge in [-0.25, -0.2) is 4.98 Å². The van der Waals surface area contributed by atoms with E-state index in [0.29, 0.717) is 28.1 Å². The molecule has 0 saturated heterocycles. The van der Waals surface area contributed by atoms with Crippen LogP contribution in [0.15, 0.2) is 41.0 Å². The summed E-state index contributed by atoms with van der Waals surface area (Å²) in [6.07, 6.45) is 1.43. The SMILES string of the molecule is CC(C)C(=O)Nc1cccc(CNC(=O)c2cnc(N)c(Br)c2)c1. The van der Waals surface area contributed by atoms with Crippen molar-refractivity contribution in [2.24, 2.45) is 5.92 Å².